The predicted octanol–water partition coefficient (Wildman–Crippen LogP) is 9.29. The van der Waals surface area contributed by atoms with Gasteiger partial charge in [-0.2, -0.15) is 13.2 Å². The summed E-state index contributed by atoms with van der Waals surface area (Å²) < 4.78 is 80.4. The number of hydrogen-bond acceptors (Lipinski definition) is 0. The highest BCUT2D eigenvalue weighted by Gasteiger charge is 2.34. The number of benzene rings is 1. The molecule has 6 heteroatoms. The lowest BCUT2D eigenvalue weighted by atomic mass is 9.76. The first-order valence-electron chi connectivity index (χ1n) is 11.8. The average Bonchev–Trinajstić information content (AvgIpc) is 2.78. The van der Waals surface area contributed by atoms with Gasteiger partial charge in [0.05, 0.1) is 6.08 Å². The number of alkyl halides is 3. The van der Waals surface area contributed by atoms with Crippen LogP contribution in [0, 0.1) is 17.8 Å². The number of rotatable bonds is 6. The van der Waals surface area contributed by atoms with Crippen molar-refractivity contribution in [3.63, 3.8) is 0 Å². The van der Waals surface area contributed by atoms with Crippen molar-refractivity contribution in [1.82, 2.24) is 0 Å². The Morgan fingerprint density at radius 3 is 1.72 bits per heavy atom. The van der Waals surface area contributed by atoms with E-state index in [0.717, 1.165) is 25.7 Å². The molecule has 0 aromatic heterocycles. The van der Waals surface area contributed by atoms with E-state index in [1.807, 2.05) is 0 Å². The van der Waals surface area contributed by atoms with Gasteiger partial charge in [-0.1, -0.05) is 37.6 Å². The quantitative estimate of drug-likeness (QED) is 0.373. The summed E-state index contributed by atoms with van der Waals surface area (Å²) in [5.74, 6) is -4.27. The minimum Gasteiger partial charge on any atom is -0.212 e. The smallest absolute Gasteiger partial charge is 0.212 e. The fraction of sp³-hybridized carbons (Fsp3) is 0.615. The van der Waals surface area contributed by atoms with E-state index in [1.165, 1.54) is 11.1 Å². The van der Waals surface area contributed by atoms with Crippen molar-refractivity contribution in [3.8, 4) is 0 Å². The molecule has 0 nitrogen and oxygen atoms in total. The van der Waals surface area contributed by atoms with Gasteiger partial charge in [0.1, 0.15) is 17.5 Å². The zero-order valence-electron chi connectivity index (χ0n) is 18.5. The second kappa shape index (κ2) is 10.9. The van der Waals surface area contributed by atoms with Crippen LogP contribution in [-0.2, 0) is 6.42 Å². The monoisotopic (exact) mass is 458 g/mol. The molecular weight excluding hydrogens is 426 g/mol. The van der Waals surface area contributed by atoms with Crippen LogP contribution in [-0.4, -0.2) is 6.18 Å². The van der Waals surface area contributed by atoms with Gasteiger partial charge < -0.3 is 0 Å². The van der Waals surface area contributed by atoms with Crippen LogP contribution >= 0.6 is 0 Å². The lowest BCUT2D eigenvalue weighted by Gasteiger charge is -2.30. The van der Waals surface area contributed by atoms with Crippen molar-refractivity contribution in [2.45, 2.75) is 83.2 Å². The molecule has 0 N–H and O–H groups in total. The molecule has 3 rings (SSSR count). The lowest BCUT2D eigenvalue weighted by Crippen LogP contribution is -2.19. The van der Waals surface area contributed by atoms with E-state index < -0.39 is 41.4 Å². The highest BCUT2D eigenvalue weighted by molar-refractivity contribution is 5.26. The summed E-state index contributed by atoms with van der Waals surface area (Å²) in [6.45, 7) is 2.14. The molecule has 32 heavy (non-hydrogen) atoms. The van der Waals surface area contributed by atoms with Crippen LogP contribution in [0.1, 0.15) is 81.8 Å². The van der Waals surface area contributed by atoms with E-state index in [-0.39, 0.29) is 31.8 Å². The van der Waals surface area contributed by atoms with Gasteiger partial charge >= 0.3 is 6.18 Å². The summed E-state index contributed by atoms with van der Waals surface area (Å²) in [4.78, 5) is 0. The SMILES string of the molecule is CCCc1ccc(C2CCC(C(F)=C(F)C3CCC(C(F)=CC(F)(F)F)CC3)CC2)cc1. The fourth-order valence-corrected chi connectivity index (χ4v) is 5.21. The molecular formula is C26H32F6. The average molecular weight is 459 g/mol. The molecule has 0 aliphatic heterocycles. The van der Waals surface area contributed by atoms with Gasteiger partial charge in [-0.25, -0.2) is 13.2 Å². The molecule has 0 radical (unpaired) electrons. The number of hydrogen-bond donors (Lipinski definition) is 0. The van der Waals surface area contributed by atoms with Crippen molar-refractivity contribution >= 4 is 0 Å². The molecule has 0 heterocycles. The van der Waals surface area contributed by atoms with E-state index in [4.69, 9.17) is 0 Å². The highest BCUT2D eigenvalue weighted by atomic mass is 19.4. The molecule has 0 unspecified atom stereocenters. The summed E-state index contributed by atoms with van der Waals surface area (Å²) in [5, 5.41) is 0. The summed E-state index contributed by atoms with van der Waals surface area (Å²) in [7, 11) is 0. The van der Waals surface area contributed by atoms with Gasteiger partial charge in [-0.15, -0.1) is 0 Å². The molecule has 1 aromatic rings. The van der Waals surface area contributed by atoms with Gasteiger partial charge in [0.15, 0.2) is 0 Å². The highest BCUT2D eigenvalue weighted by Crippen LogP contribution is 2.44. The minimum atomic E-state index is -4.70. The lowest BCUT2D eigenvalue weighted by molar-refractivity contribution is -0.0821. The molecule has 178 valence electrons. The zero-order valence-corrected chi connectivity index (χ0v) is 18.5. The van der Waals surface area contributed by atoms with E-state index in [9.17, 15) is 26.3 Å². The van der Waals surface area contributed by atoms with Crippen LogP contribution in [0.15, 0.2) is 47.8 Å². The van der Waals surface area contributed by atoms with Crippen LogP contribution in [0.4, 0.5) is 26.3 Å². The van der Waals surface area contributed by atoms with Gasteiger partial charge in [-0.3, -0.25) is 0 Å². The van der Waals surface area contributed by atoms with Crippen LogP contribution < -0.4 is 0 Å². The molecule has 0 amide bonds. The van der Waals surface area contributed by atoms with E-state index in [0.29, 0.717) is 18.8 Å². The van der Waals surface area contributed by atoms with Crippen LogP contribution in [0.25, 0.3) is 0 Å². The van der Waals surface area contributed by atoms with Crippen molar-refractivity contribution in [2.24, 2.45) is 17.8 Å². The second-order valence-corrected chi connectivity index (χ2v) is 9.36. The van der Waals surface area contributed by atoms with Crippen LogP contribution in [0.5, 0.6) is 0 Å². The summed E-state index contributed by atoms with van der Waals surface area (Å²) >= 11 is 0. The Morgan fingerprint density at radius 1 is 0.781 bits per heavy atom. The Kier molecular flexibility index (Phi) is 8.51. The van der Waals surface area contributed by atoms with Crippen molar-refractivity contribution < 1.29 is 26.3 Å². The normalized spacial score (nSPS) is 28.4. The minimum absolute atomic E-state index is 0.102. The first kappa shape index (κ1) is 24.9. The third-order valence-electron chi connectivity index (χ3n) is 7.08. The third kappa shape index (κ3) is 6.64. The molecule has 2 fully saturated rings. The van der Waals surface area contributed by atoms with Crippen LogP contribution in [0.2, 0.25) is 0 Å². The third-order valence-corrected chi connectivity index (χ3v) is 7.08. The molecule has 0 atom stereocenters. The maximum atomic E-state index is 14.9. The number of aryl methyl sites for hydroxylation is 1. The molecule has 2 aliphatic rings. The zero-order chi connectivity index (χ0) is 23.3. The maximum Gasteiger partial charge on any atom is 0.412 e. The topological polar surface area (TPSA) is 0 Å². The Morgan fingerprint density at radius 2 is 1.25 bits per heavy atom. The van der Waals surface area contributed by atoms with E-state index in [2.05, 4.69) is 31.2 Å². The second-order valence-electron chi connectivity index (χ2n) is 9.36. The number of halogens is 6. The Labute approximate surface area is 186 Å². The van der Waals surface area contributed by atoms with Crippen molar-refractivity contribution in [2.75, 3.05) is 0 Å². The Bertz CT molecular complexity index is 789. The van der Waals surface area contributed by atoms with Crippen molar-refractivity contribution in [3.05, 3.63) is 58.9 Å². The maximum absolute atomic E-state index is 14.9. The number of allylic oxidation sites excluding steroid dienone is 4. The van der Waals surface area contributed by atoms with Gasteiger partial charge in [0.2, 0.25) is 0 Å². The summed E-state index contributed by atoms with van der Waals surface area (Å²) in [5.41, 5.74) is 2.56. The molecule has 2 aliphatic carbocycles. The first-order valence-corrected chi connectivity index (χ1v) is 11.8. The summed E-state index contributed by atoms with van der Waals surface area (Å²) in [6, 6.07) is 8.59. The van der Waals surface area contributed by atoms with Gasteiger partial charge in [-0.05, 0) is 74.8 Å². The molecule has 0 spiro atoms. The molecule has 1 aromatic carbocycles. The Hall–Kier alpha value is -1.72. The van der Waals surface area contributed by atoms with Crippen LogP contribution in [0.3, 0.4) is 0 Å². The van der Waals surface area contributed by atoms with Gasteiger partial charge in [0, 0.05) is 17.8 Å². The van der Waals surface area contributed by atoms with E-state index in [1.54, 1.807) is 0 Å². The Balaban J connectivity index is 1.53. The first-order chi connectivity index (χ1) is 15.2. The molecule has 2 saturated carbocycles. The van der Waals surface area contributed by atoms with E-state index >= 15 is 0 Å². The van der Waals surface area contributed by atoms with Gasteiger partial charge in [0.25, 0.3) is 0 Å². The largest absolute Gasteiger partial charge is 0.412 e. The molecule has 0 bridgehead atoms. The standard InChI is InChI=1S/C26H32F6/c1-2-3-17-4-6-18(7-5-17)19-8-12-21(13-9-19)24(28)25(29)22-14-10-20(11-15-22)23(27)16-26(30,31)32/h4-7,16,19-22H,2-3,8-15H2,1H3. The summed E-state index contributed by atoms with van der Waals surface area (Å²) in [6.07, 6.45) is 0.447. The predicted molar refractivity (Wildman–Crippen MR) is 115 cm³/mol. The van der Waals surface area contributed by atoms with Crippen molar-refractivity contribution in [1.29, 1.82) is 0 Å². The fourth-order valence-electron chi connectivity index (χ4n) is 5.21. The molecule has 0 saturated heterocycles.